The molecule has 58 valence electrons. The van der Waals surface area contributed by atoms with Crippen molar-refractivity contribution in [2.45, 2.75) is 44.6 Å². The summed E-state index contributed by atoms with van der Waals surface area (Å²) in [6, 6.07) is 0. The van der Waals surface area contributed by atoms with Crippen LogP contribution < -0.4 is 0 Å². The first-order valence-corrected chi connectivity index (χ1v) is 4.42. The monoisotopic (exact) mass is 140 g/mol. The van der Waals surface area contributed by atoms with Crippen LogP contribution in [0.3, 0.4) is 0 Å². The topological polar surface area (TPSA) is 20.2 Å². The Labute approximate surface area is 62.4 Å². The highest BCUT2D eigenvalue weighted by molar-refractivity contribution is 4.96. The maximum absolute atomic E-state index is 9.58. The summed E-state index contributed by atoms with van der Waals surface area (Å²) in [5.41, 5.74) is -0.206. The minimum absolute atomic E-state index is 0.206. The molecule has 1 unspecified atom stereocenters. The van der Waals surface area contributed by atoms with E-state index in [-0.39, 0.29) is 5.60 Å². The molecule has 2 saturated carbocycles. The molecule has 10 heavy (non-hydrogen) atoms. The summed E-state index contributed by atoms with van der Waals surface area (Å²) in [6.45, 7) is 2.29. The van der Waals surface area contributed by atoms with Gasteiger partial charge in [0.1, 0.15) is 0 Å². The van der Waals surface area contributed by atoms with E-state index in [1.165, 1.54) is 12.8 Å². The predicted molar refractivity (Wildman–Crippen MR) is 40.7 cm³/mol. The fourth-order valence-corrected chi connectivity index (χ4v) is 1.78. The summed E-state index contributed by atoms with van der Waals surface area (Å²) in [4.78, 5) is 0. The Kier molecular flexibility index (Phi) is 1.31. The van der Waals surface area contributed by atoms with Gasteiger partial charge in [-0.15, -0.1) is 0 Å². The Balaban J connectivity index is 1.77. The number of rotatable bonds is 3. The summed E-state index contributed by atoms with van der Waals surface area (Å²) in [6.07, 6.45) is 6.01. The summed E-state index contributed by atoms with van der Waals surface area (Å²) >= 11 is 0. The molecule has 2 aliphatic carbocycles. The van der Waals surface area contributed by atoms with Crippen molar-refractivity contribution in [1.82, 2.24) is 0 Å². The van der Waals surface area contributed by atoms with Crippen LogP contribution in [0, 0.1) is 11.8 Å². The first-order valence-electron chi connectivity index (χ1n) is 4.42. The van der Waals surface area contributed by atoms with Gasteiger partial charge in [0.15, 0.2) is 0 Å². The van der Waals surface area contributed by atoms with Gasteiger partial charge in [0.2, 0.25) is 0 Å². The van der Waals surface area contributed by atoms with E-state index in [4.69, 9.17) is 0 Å². The Morgan fingerprint density at radius 1 is 1.50 bits per heavy atom. The Bertz CT molecular complexity index is 134. The first-order chi connectivity index (χ1) is 4.70. The number of hydrogen-bond acceptors (Lipinski definition) is 1. The third-order valence-corrected chi connectivity index (χ3v) is 2.96. The lowest BCUT2D eigenvalue weighted by atomic mass is 9.97. The molecule has 0 aromatic carbocycles. The zero-order valence-electron chi connectivity index (χ0n) is 6.64. The maximum Gasteiger partial charge on any atom is 0.0652 e. The van der Waals surface area contributed by atoms with Crippen LogP contribution in [0.2, 0.25) is 0 Å². The van der Waals surface area contributed by atoms with Gasteiger partial charge in [-0.05, 0) is 43.9 Å². The molecule has 0 heterocycles. The molecule has 1 N–H and O–H groups in total. The smallest absolute Gasteiger partial charge is 0.0652 e. The van der Waals surface area contributed by atoms with Crippen molar-refractivity contribution in [2.24, 2.45) is 11.8 Å². The van der Waals surface area contributed by atoms with Gasteiger partial charge >= 0.3 is 0 Å². The molecule has 0 bridgehead atoms. The van der Waals surface area contributed by atoms with Crippen molar-refractivity contribution in [2.75, 3.05) is 0 Å². The second kappa shape index (κ2) is 1.97. The van der Waals surface area contributed by atoms with E-state index in [1.54, 1.807) is 0 Å². The van der Waals surface area contributed by atoms with Crippen molar-refractivity contribution >= 4 is 0 Å². The Morgan fingerprint density at radius 2 is 2.10 bits per heavy atom. The van der Waals surface area contributed by atoms with E-state index in [9.17, 15) is 5.11 Å². The molecular formula is C9H16O. The molecule has 0 amide bonds. The van der Waals surface area contributed by atoms with Gasteiger partial charge in [0, 0.05) is 0 Å². The van der Waals surface area contributed by atoms with Gasteiger partial charge in [0.25, 0.3) is 0 Å². The summed E-state index contributed by atoms with van der Waals surface area (Å²) in [5.74, 6) is 1.75. The van der Waals surface area contributed by atoms with E-state index in [2.05, 4.69) is 6.92 Å². The Hall–Kier alpha value is -0.0400. The lowest BCUT2D eigenvalue weighted by molar-refractivity contribution is 0.117. The second-order valence-corrected chi connectivity index (χ2v) is 4.24. The predicted octanol–water partition coefficient (Wildman–Crippen LogP) is 1.95. The molecule has 2 fully saturated rings. The highest BCUT2D eigenvalue weighted by atomic mass is 16.3. The molecule has 0 spiro atoms. The maximum atomic E-state index is 9.58. The molecule has 1 nitrogen and oxygen atoms in total. The normalized spacial score (nSPS) is 31.8. The second-order valence-electron chi connectivity index (χ2n) is 4.24. The Morgan fingerprint density at radius 3 is 2.50 bits per heavy atom. The van der Waals surface area contributed by atoms with Crippen LogP contribution in [0.4, 0.5) is 0 Å². The zero-order chi connectivity index (χ0) is 7.19. The zero-order valence-corrected chi connectivity index (χ0v) is 6.64. The molecule has 1 atom stereocenters. The number of aliphatic hydroxyl groups is 1. The lowest BCUT2D eigenvalue weighted by Crippen LogP contribution is -2.13. The SMILES string of the molecule is CC(CC1(O)CC1)C1CC1. The van der Waals surface area contributed by atoms with Crippen molar-refractivity contribution in [1.29, 1.82) is 0 Å². The van der Waals surface area contributed by atoms with Crippen LogP contribution in [0.1, 0.15) is 39.0 Å². The van der Waals surface area contributed by atoms with Gasteiger partial charge in [-0.2, -0.15) is 0 Å². The molecule has 0 radical (unpaired) electrons. The van der Waals surface area contributed by atoms with Crippen molar-refractivity contribution in [3.05, 3.63) is 0 Å². The van der Waals surface area contributed by atoms with Gasteiger partial charge in [0.05, 0.1) is 5.60 Å². The van der Waals surface area contributed by atoms with Crippen LogP contribution >= 0.6 is 0 Å². The highest BCUT2D eigenvalue weighted by Crippen LogP contribution is 2.47. The van der Waals surface area contributed by atoms with E-state index in [0.717, 1.165) is 31.1 Å². The van der Waals surface area contributed by atoms with Crippen molar-refractivity contribution in [3.8, 4) is 0 Å². The molecule has 0 saturated heterocycles. The highest BCUT2D eigenvalue weighted by Gasteiger charge is 2.43. The average Bonchev–Trinajstić information content (AvgIpc) is 2.60. The standard InChI is InChI=1S/C9H16O/c1-7(8-2-3-8)6-9(10)4-5-9/h7-8,10H,2-6H2,1H3. The van der Waals surface area contributed by atoms with Gasteiger partial charge in [-0.1, -0.05) is 6.92 Å². The molecule has 0 aromatic heterocycles. The van der Waals surface area contributed by atoms with Gasteiger partial charge < -0.3 is 5.11 Å². The fraction of sp³-hybridized carbons (Fsp3) is 1.00. The third-order valence-electron chi connectivity index (χ3n) is 2.96. The molecular weight excluding hydrogens is 124 g/mol. The quantitative estimate of drug-likeness (QED) is 0.635. The average molecular weight is 140 g/mol. The largest absolute Gasteiger partial charge is 0.390 e. The van der Waals surface area contributed by atoms with Crippen molar-refractivity contribution < 1.29 is 5.11 Å². The summed E-state index contributed by atoms with van der Waals surface area (Å²) < 4.78 is 0. The molecule has 0 aromatic rings. The van der Waals surface area contributed by atoms with E-state index >= 15 is 0 Å². The van der Waals surface area contributed by atoms with Crippen LogP contribution in [0.15, 0.2) is 0 Å². The van der Waals surface area contributed by atoms with Crippen LogP contribution in [0.5, 0.6) is 0 Å². The number of hydrogen-bond donors (Lipinski definition) is 1. The minimum Gasteiger partial charge on any atom is -0.390 e. The van der Waals surface area contributed by atoms with E-state index in [0.29, 0.717) is 0 Å². The van der Waals surface area contributed by atoms with Crippen LogP contribution in [0.25, 0.3) is 0 Å². The fourth-order valence-electron chi connectivity index (χ4n) is 1.78. The molecule has 0 aliphatic heterocycles. The van der Waals surface area contributed by atoms with Gasteiger partial charge in [-0.25, -0.2) is 0 Å². The van der Waals surface area contributed by atoms with E-state index in [1.807, 2.05) is 0 Å². The molecule has 2 rings (SSSR count). The third kappa shape index (κ3) is 1.34. The lowest BCUT2D eigenvalue weighted by Gasteiger charge is -2.13. The summed E-state index contributed by atoms with van der Waals surface area (Å²) in [5, 5.41) is 9.58. The summed E-state index contributed by atoms with van der Waals surface area (Å²) in [7, 11) is 0. The van der Waals surface area contributed by atoms with E-state index < -0.39 is 0 Å². The van der Waals surface area contributed by atoms with Crippen molar-refractivity contribution in [3.63, 3.8) is 0 Å². The van der Waals surface area contributed by atoms with Crippen LogP contribution in [-0.2, 0) is 0 Å². The first kappa shape index (κ1) is 6.66. The van der Waals surface area contributed by atoms with Crippen LogP contribution in [-0.4, -0.2) is 10.7 Å². The van der Waals surface area contributed by atoms with Gasteiger partial charge in [-0.3, -0.25) is 0 Å². The minimum atomic E-state index is -0.206. The molecule has 2 aliphatic rings. The molecule has 1 heteroatoms.